The smallest absolute Gasteiger partial charge is 0.312 e. The molecular formula is C31H42N2O5. The maximum atomic E-state index is 13.3. The highest BCUT2D eigenvalue weighted by molar-refractivity contribution is 5.79. The number of piperidine rings is 1. The van der Waals surface area contributed by atoms with E-state index in [0.29, 0.717) is 38.8 Å². The Morgan fingerprint density at radius 2 is 1.63 bits per heavy atom. The lowest BCUT2D eigenvalue weighted by molar-refractivity contribution is -0.165. The van der Waals surface area contributed by atoms with Crippen LogP contribution in [0, 0.1) is 12.3 Å². The number of carbonyl (C=O) groups excluding carboxylic acids is 2. The number of aliphatic hydroxyl groups excluding tert-OH is 2. The standard InChI is InChI=1S/C31H42N2O5/c1-24-9-5-6-12-26(24)21-29(36)33-17-8-7-14-31(30(37)38-23-28(35)27(34)13-18-33)15-19-32(20-16-31)22-25-10-3-2-4-11-25/h2-6,9-12,27-28,34-35H,7-8,13-23H2,1H3/t27-,28+/m0/s1. The van der Waals surface area contributed by atoms with E-state index in [2.05, 4.69) is 17.0 Å². The number of nitrogens with zero attached hydrogens (tertiary/aromatic N) is 2. The van der Waals surface area contributed by atoms with Gasteiger partial charge in [-0.05, 0) is 68.8 Å². The number of amides is 1. The first-order valence-electron chi connectivity index (χ1n) is 14.0. The Morgan fingerprint density at radius 1 is 0.921 bits per heavy atom. The van der Waals surface area contributed by atoms with Gasteiger partial charge in [0.2, 0.25) is 5.91 Å². The van der Waals surface area contributed by atoms with Gasteiger partial charge in [0, 0.05) is 19.6 Å². The average Bonchev–Trinajstić information content (AvgIpc) is 2.94. The maximum absolute atomic E-state index is 13.3. The molecule has 206 valence electrons. The molecule has 2 aromatic rings. The first-order chi connectivity index (χ1) is 18.4. The lowest BCUT2D eigenvalue weighted by atomic mass is 9.74. The van der Waals surface area contributed by atoms with Crippen LogP contribution < -0.4 is 0 Å². The summed E-state index contributed by atoms with van der Waals surface area (Å²) in [5.41, 5.74) is 2.75. The molecule has 2 N–H and O–H groups in total. The number of aliphatic hydroxyl groups is 2. The van der Waals surface area contributed by atoms with Crippen LogP contribution in [0.25, 0.3) is 0 Å². The largest absolute Gasteiger partial charge is 0.462 e. The molecule has 0 saturated carbocycles. The molecule has 2 aliphatic heterocycles. The third-order valence-corrected chi connectivity index (χ3v) is 8.31. The number of cyclic esters (lactones) is 1. The quantitative estimate of drug-likeness (QED) is 0.598. The zero-order valence-corrected chi connectivity index (χ0v) is 22.6. The molecule has 0 unspecified atom stereocenters. The Labute approximate surface area is 226 Å². The van der Waals surface area contributed by atoms with E-state index >= 15 is 0 Å². The minimum atomic E-state index is -1.18. The van der Waals surface area contributed by atoms with Crippen LogP contribution in [0.5, 0.6) is 0 Å². The monoisotopic (exact) mass is 522 g/mol. The molecule has 2 saturated heterocycles. The molecule has 7 nitrogen and oxygen atoms in total. The van der Waals surface area contributed by atoms with E-state index in [1.165, 1.54) is 5.56 Å². The summed E-state index contributed by atoms with van der Waals surface area (Å²) in [6, 6.07) is 18.2. The van der Waals surface area contributed by atoms with Crippen molar-refractivity contribution in [3.63, 3.8) is 0 Å². The second-order valence-corrected chi connectivity index (χ2v) is 11.0. The van der Waals surface area contributed by atoms with Crippen molar-refractivity contribution in [3.05, 3.63) is 71.3 Å². The van der Waals surface area contributed by atoms with Crippen LogP contribution >= 0.6 is 0 Å². The van der Waals surface area contributed by atoms with Crippen LogP contribution in [-0.4, -0.2) is 76.9 Å². The van der Waals surface area contributed by atoms with Crippen molar-refractivity contribution < 1.29 is 24.5 Å². The van der Waals surface area contributed by atoms with E-state index in [1.807, 2.05) is 49.4 Å². The molecule has 2 aromatic carbocycles. The fourth-order valence-corrected chi connectivity index (χ4v) is 5.65. The second-order valence-electron chi connectivity index (χ2n) is 11.0. The van der Waals surface area contributed by atoms with Crippen LogP contribution in [0.4, 0.5) is 0 Å². The van der Waals surface area contributed by atoms with Crippen molar-refractivity contribution in [3.8, 4) is 0 Å². The summed E-state index contributed by atoms with van der Waals surface area (Å²) >= 11 is 0. The third kappa shape index (κ3) is 7.43. The van der Waals surface area contributed by atoms with E-state index in [1.54, 1.807) is 4.90 Å². The van der Waals surface area contributed by atoms with Gasteiger partial charge >= 0.3 is 5.97 Å². The van der Waals surface area contributed by atoms with Gasteiger partial charge in [-0.1, -0.05) is 61.0 Å². The van der Waals surface area contributed by atoms with Crippen LogP contribution in [0.1, 0.15) is 55.2 Å². The normalized spacial score (nSPS) is 23.7. The van der Waals surface area contributed by atoms with Gasteiger partial charge in [-0.3, -0.25) is 14.5 Å². The zero-order valence-electron chi connectivity index (χ0n) is 22.6. The summed E-state index contributed by atoms with van der Waals surface area (Å²) in [5, 5.41) is 21.0. The van der Waals surface area contributed by atoms with E-state index in [-0.39, 0.29) is 24.9 Å². The average molecular weight is 523 g/mol. The Bertz CT molecular complexity index is 1050. The van der Waals surface area contributed by atoms with Crippen molar-refractivity contribution in [1.82, 2.24) is 9.80 Å². The minimum absolute atomic E-state index is 0.0205. The molecule has 2 fully saturated rings. The van der Waals surface area contributed by atoms with Gasteiger partial charge in [0.15, 0.2) is 0 Å². The number of rotatable bonds is 4. The summed E-state index contributed by atoms with van der Waals surface area (Å²) in [6.07, 6.45) is 1.99. The number of ether oxygens (including phenoxy) is 1. The van der Waals surface area contributed by atoms with Gasteiger partial charge in [0.1, 0.15) is 12.7 Å². The SMILES string of the molecule is Cc1ccccc1CC(=O)N1CCCCC2(CCN(Cc3ccccc3)CC2)C(=O)OC[C@@H](O)[C@@H](O)CC1. The summed E-state index contributed by atoms with van der Waals surface area (Å²) in [4.78, 5) is 30.7. The van der Waals surface area contributed by atoms with E-state index in [0.717, 1.165) is 43.6 Å². The molecule has 0 bridgehead atoms. The van der Waals surface area contributed by atoms with Crippen LogP contribution in [0.2, 0.25) is 0 Å². The van der Waals surface area contributed by atoms with E-state index in [9.17, 15) is 19.8 Å². The Hall–Kier alpha value is -2.74. The van der Waals surface area contributed by atoms with Gasteiger partial charge in [-0.2, -0.15) is 0 Å². The zero-order chi connectivity index (χ0) is 27.0. The van der Waals surface area contributed by atoms with Gasteiger partial charge in [-0.25, -0.2) is 0 Å². The third-order valence-electron chi connectivity index (χ3n) is 8.31. The number of likely N-dealkylation sites (tertiary alicyclic amines) is 1. The molecule has 1 amide bonds. The van der Waals surface area contributed by atoms with Crippen LogP contribution in [0.15, 0.2) is 54.6 Å². The lowest BCUT2D eigenvalue weighted by Crippen LogP contribution is -2.45. The number of hydrogen-bond acceptors (Lipinski definition) is 6. The molecule has 0 aliphatic carbocycles. The summed E-state index contributed by atoms with van der Waals surface area (Å²) in [7, 11) is 0. The highest BCUT2D eigenvalue weighted by atomic mass is 16.5. The van der Waals surface area contributed by atoms with Gasteiger partial charge < -0.3 is 19.8 Å². The van der Waals surface area contributed by atoms with E-state index < -0.39 is 17.6 Å². The molecule has 38 heavy (non-hydrogen) atoms. The molecule has 0 radical (unpaired) electrons. The molecule has 2 heterocycles. The van der Waals surface area contributed by atoms with Crippen LogP contribution in [0.3, 0.4) is 0 Å². The fraction of sp³-hybridized carbons (Fsp3) is 0.548. The summed E-state index contributed by atoms with van der Waals surface area (Å²) in [6.45, 7) is 5.16. The van der Waals surface area contributed by atoms with Crippen molar-refractivity contribution >= 4 is 11.9 Å². The Balaban J connectivity index is 1.41. The van der Waals surface area contributed by atoms with Gasteiger partial charge in [0.25, 0.3) is 0 Å². The van der Waals surface area contributed by atoms with Crippen LogP contribution in [-0.2, 0) is 27.3 Å². The van der Waals surface area contributed by atoms with Crippen molar-refractivity contribution in [1.29, 1.82) is 0 Å². The number of hydrogen-bond donors (Lipinski definition) is 2. The molecule has 4 rings (SSSR count). The Kier molecular flexibility index (Phi) is 9.94. The topological polar surface area (TPSA) is 90.3 Å². The first kappa shape index (κ1) is 28.3. The Morgan fingerprint density at radius 3 is 2.37 bits per heavy atom. The highest BCUT2D eigenvalue weighted by Gasteiger charge is 2.42. The van der Waals surface area contributed by atoms with Gasteiger partial charge in [0.05, 0.1) is 17.9 Å². The summed E-state index contributed by atoms with van der Waals surface area (Å²) in [5.74, 6) is -0.248. The molecule has 1 spiro atoms. The molecular weight excluding hydrogens is 480 g/mol. The minimum Gasteiger partial charge on any atom is -0.462 e. The second kappa shape index (κ2) is 13.4. The predicted octanol–water partition coefficient (Wildman–Crippen LogP) is 3.49. The lowest BCUT2D eigenvalue weighted by Gasteiger charge is -2.40. The molecule has 0 aromatic heterocycles. The molecule has 2 aliphatic rings. The number of esters is 1. The van der Waals surface area contributed by atoms with E-state index in [4.69, 9.17) is 4.74 Å². The number of carbonyl (C=O) groups is 2. The first-order valence-corrected chi connectivity index (χ1v) is 14.0. The van der Waals surface area contributed by atoms with Crippen molar-refractivity contribution in [2.75, 3.05) is 32.8 Å². The maximum Gasteiger partial charge on any atom is 0.312 e. The van der Waals surface area contributed by atoms with Gasteiger partial charge in [-0.15, -0.1) is 0 Å². The predicted molar refractivity (Wildman–Crippen MR) is 146 cm³/mol. The molecule has 7 heteroatoms. The fourth-order valence-electron chi connectivity index (χ4n) is 5.65. The van der Waals surface area contributed by atoms with Crippen molar-refractivity contribution in [2.24, 2.45) is 5.41 Å². The summed E-state index contributed by atoms with van der Waals surface area (Å²) < 4.78 is 5.60. The number of aryl methyl sites for hydroxylation is 1. The number of benzene rings is 2. The highest BCUT2D eigenvalue weighted by Crippen LogP contribution is 2.38. The van der Waals surface area contributed by atoms with Crippen molar-refractivity contribution in [2.45, 2.75) is 70.6 Å². The molecule has 2 atom stereocenters.